The number of nitrogens with zero attached hydrogens (tertiary/aromatic N) is 1. The van der Waals surface area contributed by atoms with Gasteiger partial charge in [0.2, 0.25) is 10.0 Å². The highest BCUT2D eigenvalue weighted by molar-refractivity contribution is 7.89. The summed E-state index contributed by atoms with van der Waals surface area (Å²) in [5.74, 6) is 0. The molecule has 1 saturated carbocycles. The molecule has 0 radical (unpaired) electrons. The smallest absolute Gasteiger partial charge is 0.410 e. The van der Waals surface area contributed by atoms with Crippen LogP contribution in [-0.4, -0.2) is 44.6 Å². The molecule has 2 aliphatic rings. The largest absolute Gasteiger partial charge is 0.443 e. The molecule has 1 aromatic carbocycles. The van der Waals surface area contributed by atoms with Crippen LogP contribution in [0, 0.1) is 6.92 Å². The fourth-order valence-corrected chi connectivity index (χ4v) is 3.70. The van der Waals surface area contributed by atoms with Crippen LogP contribution in [0.1, 0.15) is 18.4 Å². The number of rotatable bonds is 5. The van der Waals surface area contributed by atoms with Crippen LogP contribution in [0.4, 0.5) is 4.79 Å². The van der Waals surface area contributed by atoms with Crippen LogP contribution < -0.4 is 4.72 Å². The number of hydrogen-bond acceptors (Lipinski definition) is 4. The van der Waals surface area contributed by atoms with Gasteiger partial charge in [-0.25, -0.2) is 17.9 Å². The maximum absolute atomic E-state index is 12.2. The van der Waals surface area contributed by atoms with Gasteiger partial charge in [0.25, 0.3) is 0 Å². The minimum Gasteiger partial charge on any atom is -0.443 e. The molecule has 0 bridgehead atoms. The molecule has 3 rings (SSSR count). The molecule has 1 unspecified atom stereocenters. The lowest BCUT2D eigenvalue weighted by atomic mass is 10.2. The van der Waals surface area contributed by atoms with Crippen LogP contribution >= 0.6 is 11.6 Å². The predicted molar refractivity (Wildman–Crippen MR) is 81.4 cm³/mol. The molecule has 1 amide bonds. The first-order valence-electron chi connectivity index (χ1n) is 7.10. The summed E-state index contributed by atoms with van der Waals surface area (Å²) in [6.45, 7) is 2.29. The number of ether oxygens (including phenoxy) is 1. The molecule has 2 fully saturated rings. The predicted octanol–water partition coefficient (Wildman–Crippen LogP) is 1.91. The van der Waals surface area contributed by atoms with Crippen molar-refractivity contribution in [2.24, 2.45) is 0 Å². The fourth-order valence-electron chi connectivity index (χ4n) is 2.36. The summed E-state index contributed by atoms with van der Waals surface area (Å²) >= 11 is 5.96. The van der Waals surface area contributed by atoms with E-state index in [0.29, 0.717) is 11.6 Å². The number of amides is 1. The van der Waals surface area contributed by atoms with Crippen molar-refractivity contribution in [1.82, 2.24) is 9.62 Å². The van der Waals surface area contributed by atoms with Gasteiger partial charge in [-0.3, -0.25) is 0 Å². The van der Waals surface area contributed by atoms with Crippen molar-refractivity contribution >= 4 is 27.7 Å². The Labute approximate surface area is 134 Å². The van der Waals surface area contributed by atoms with Crippen molar-refractivity contribution in [3.63, 3.8) is 0 Å². The second-order valence-electron chi connectivity index (χ2n) is 5.65. The third kappa shape index (κ3) is 3.21. The van der Waals surface area contributed by atoms with Gasteiger partial charge in [0.1, 0.15) is 6.10 Å². The van der Waals surface area contributed by atoms with Gasteiger partial charge in [0, 0.05) is 17.6 Å². The Morgan fingerprint density at radius 2 is 2.14 bits per heavy atom. The molecule has 22 heavy (non-hydrogen) atoms. The van der Waals surface area contributed by atoms with Crippen molar-refractivity contribution in [1.29, 1.82) is 0 Å². The zero-order valence-corrected chi connectivity index (χ0v) is 13.7. The molecule has 1 aliphatic heterocycles. The van der Waals surface area contributed by atoms with Gasteiger partial charge in [-0.2, -0.15) is 0 Å². The molecule has 1 aromatic rings. The van der Waals surface area contributed by atoms with Gasteiger partial charge in [-0.1, -0.05) is 17.7 Å². The van der Waals surface area contributed by atoms with Crippen molar-refractivity contribution < 1.29 is 17.9 Å². The summed E-state index contributed by atoms with van der Waals surface area (Å²) in [4.78, 5) is 13.4. The molecule has 1 heterocycles. The lowest BCUT2D eigenvalue weighted by Crippen LogP contribution is -2.35. The number of halogens is 1. The number of aryl methyl sites for hydroxylation is 1. The van der Waals surface area contributed by atoms with Gasteiger partial charge in [-0.05, 0) is 37.5 Å². The Hall–Kier alpha value is -1.31. The monoisotopic (exact) mass is 344 g/mol. The molecular formula is C14H17ClN2O4S. The van der Waals surface area contributed by atoms with Crippen LogP contribution in [0.25, 0.3) is 0 Å². The van der Waals surface area contributed by atoms with Crippen LogP contribution in [0.5, 0.6) is 0 Å². The summed E-state index contributed by atoms with van der Waals surface area (Å²) < 4.78 is 32.1. The number of benzene rings is 1. The van der Waals surface area contributed by atoms with Crippen molar-refractivity contribution in [2.45, 2.75) is 36.8 Å². The topological polar surface area (TPSA) is 75.7 Å². The average molecular weight is 345 g/mol. The van der Waals surface area contributed by atoms with E-state index in [2.05, 4.69) is 4.72 Å². The zero-order valence-electron chi connectivity index (χ0n) is 12.1. The number of sulfonamides is 1. The van der Waals surface area contributed by atoms with Gasteiger partial charge < -0.3 is 9.64 Å². The van der Waals surface area contributed by atoms with E-state index in [1.54, 1.807) is 17.9 Å². The first kappa shape index (κ1) is 15.6. The van der Waals surface area contributed by atoms with Crippen LogP contribution in [0.2, 0.25) is 5.02 Å². The third-order valence-electron chi connectivity index (χ3n) is 3.84. The number of hydrogen-bond donors (Lipinski definition) is 1. The highest BCUT2D eigenvalue weighted by atomic mass is 35.5. The molecule has 1 aliphatic carbocycles. The first-order chi connectivity index (χ1) is 10.4. The Balaban J connectivity index is 1.62. The minimum atomic E-state index is -3.67. The van der Waals surface area contributed by atoms with Crippen LogP contribution in [0.3, 0.4) is 0 Å². The van der Waals surface area contributed by atoms with Crippen LogP contribution in [0.15, 0.2) is 23.1 Å². The number of nitrogens with one attached hydrogen (secondary N) is 1. The number of carbonyl (C=O) groups is 1. The summed E-state index contributed by atoms with van der Waals surface area (Å²) in [5.41, 5.74) is 0.811. The normalized spacial score (nSPS) is 22.0. The Morgan fingerprint density at radius 1 is 1.41 bits per heavy atom. The summed E-state index contributed by atoms with van der Waals surface area (Å²) in [6, 6.07) is 4.84. The quantitative estimate of drug-likeness (QED) is 0.885. The Kier molecular flexibility index (Phi) is 4.05. The molecule has 0 spiro atoms. The van der Waals surface area contributed by atoms with Gasteiger partial charge in [0.05, 0.1) is 11.4 Å². The summed E-state index contributed by atoms with van der Waals surface area (Å²) in [7, 11) is -3.67. The SMILES string of the molecule is Cc1ccc(S(=O)(=O)NCC2CN(C3CC3)C(=O)O2)cc1Cl. The second kappa shape index (κ2) is 5.72. The fraction of sp³-hybridized carbons (Fsp3) is 0.500. The van der Waals surface area contributed by atoms with Gasteiger partial charge in [-0.15, -0.1) is 0 Å². The maximum atomic E-state index is 12.2. The van der Waals surface area contributed by atoms with E-state index in [0.717, 1.165) is 18.4 Å². The van der Waals surface area contributed by atoms with Crippen molar-refractivity contribution in [3.05, 3.63) is 28.8 Å². The standard InChI is InChI=1S/C14H17ClN2O4S/c1-9-2-5-12(6-13(9)15)22(19,20)16-7-11-8-17(10-3-4-10)14(18)21-11/h2,5-6,10-11,16H,3-4,7-8H2,1H3. The van der Waals surface area contributed by atoms with E-state index in [1.807, 2.05) is 0 Å². The Bertz CT molecular complexity index is 703. The molecule has 8 heteroatoms. The maximum Gasteiger partial charge on any atom is 0.410 e. The lowest BCUT2D eigenvalue weighted by Gasteiger charge is -2.12. The second-order valence-corrected chi connectivity index (χ2v) is 7.83. The van der Waals surface area contributed by atoms with E-state index in [4.69, 9.17) is 16.3 Å². The highest BCUT2D eigenvalue weighted by Crippen LogP contribution is 2.30. The average Bonchev–Trinajstić information content (AvgIpc) is 3.23. The number of carbonyl (C=O) groups excluding carboxylic acids is 1. The minimum absolute atomic E-state index is 0.0583. The van der Waals surface area contributed by atoms with Crippen LogP contribution in [-0.2, 0) is 14.8 Å². The molecule has 1 atom stereocenters. The Morgan fingerprint density at radius 3 is 2.77 bits per heavy atom. The van der Waals surface area contributed by atoms with E-state index in [-0.39, 0.29) is 23.6 Å². The third-order valence-corrected chi connectivity index (χ3v) is 5.67. The summed E-state index contributed by atoms with van der Waals surface area (Å²) in [5, 5.41) is 0.398. The lowest BCUT2D eigenvalue weighted by molar-refractivity contribution is 0.133. The summed E-state index contributed by atoms with van der Waals surface area (Å²) in [6.07, 6.45) is 1.18. The first-order valence-corrected chi connectivity index (χ1v) is 8.96. The van der Waals surface area contributed by atoms with E-state index in [9.17, 15) is 13.2 Å². The molecular weight excluding hydrogens is 328 g/mol. The molecule has 1 N–H and O–H groups in total. The molecule has 120 valence electrons. The van der Waals surface area contributed by atoms with E-state index < -0.39 is 16.1 Å². The van der Waals surface area contributed by atoms with Crippen molar-refractivity contribution in [3.8, 4) is 0 Å². The highest BCUT2D eigenvalue weighted by Gasteiger charge is 2.41. The van der Waals surface area contributed by atoms with Gasteiger partial charge >= 0.3 is 6.09 Å². The molecule has 6 nitrogen and oxygen atoms in total. The van der Waals surface area contributed by atoms with Gasteiger partial charge in [0.15, 0.2) is 0 Å². The number of cyclic esters (lactones) is 1. The molecule has 0 aromatic heterocycles. The van der Waals surface area contributed by atoms with E-state index in [1.165, 1.54) is 12.1 Å². The molecule has 1 saturated heterocycles. The zero-order chi connectivity index (χ0) is 15.9. The van der Waals surface area contributed by atoms with E-state index >= 15 is 0 Å². The van der Waals surface area contributed by atoms with Crippen molar-refractivity contribution in [2.75, 3.05) is 13.1 Å².